The van der Waals surface area contributed by atoms with Gasteiger partial charge in [-0.15, -0.1) is 11.3 Å². The first-order valence-electron chi connectivity index (χ1n) is 7.78. The van der Waals surface area contributed by atoms with Crippen molar-refractivity contribution in [3.8, 4) is 0 Å². The fourth-order valence-corrected chi connectivity index (χ4v) is 3.23. The number of hydrogen-bond acceptors (Lipinski definition) is 7. The first kappa shape index (κ1) is 19.2. The lowest BCUT2D eigenvalue weighted by Gasteiger charge is -2.33. The number of rotatable bonds is 8. The molecule has 0 fully saturated rings. The van der Waals surface area contributed by atoms with Crippen molar-refractivity contribution < 1.29 is 13.5 Å². The third kappa shape index (κ3) is 4.70. The molecule has 2 heterocycles. The van der Waals surface area contributed by atoms with Crippen molar-refractivity contribution in [2.24, 2.45) is 15.7 Å². The Morgan fingerprint density at radius 3 is 2.92 bits per heavy atom. The van der Waals surface area contributed by atoms with Gasteiger partial charge >= 0.3 is 6.55 Å². The summed E-state index contributed by atoms with van der Waals surface area (Å²) in [4.78, 5) is 14.1. The van der Waals surface area contributed by atoms with Gasteiger partial charge in [-0.05, 0) is 6.42 Å². The van der Waals surface area contributed by atoms with Crippen molar-refractivity contribution in [2.75, 3.05) is 26.8 Å². The summed E-state index contributed by atoms with van der Waals surface area (Å²) in [6, 6.07) is 0. The van der Waals surface area contributed by atoms with Crippen LogP contribution in [0.3, 0.4) is 0 Å². The number of nitrogens with zero attached hydrogens (tertiary/aromatic N) is 4. The third-order valence-corrected chi connectivity index (χ3v) is 4.42. The number of methoxy groups -OCH3 is 1. The number of halogens is 2. The van der Waals surface area contributed by atoms with E-state index >= 15 is 0 Å². The highest BCUT2D eigenvalue weighted by molar-refractivity contribution is 7.11. The van der Waals surface area contributed by atoms with E-state index in [1.54, 1.807) is 13.3 Å². The topological polar surface area (TPSA) is 76.1 Å². The van der Waals surface area contributed by atoms with Crippen molar-refractivity contribution in [1.29, 1.82) is 0 Å². The van der Waals surface area contributed by atoms with E-state index in [0.29, 0.717) is 31.7 Å². The van der Waals surface area contributed by atoms with Crippen LogP contribution in [0.25, 0.3) is 0 Å². The normalized spacial score (nSPS) is 16.3. The molecule has 9 heteroatoms. The van der Waals surface area contributed by atoms with E-state index in [4.69, 9.17) is 10.5 Å². The smallest absolute Gasteiger partial charge is 0.331 e. The van der Waals surface area contributed by atoms with Crippen molar-refractivity contribution in [3.05, 3.63) is 39.6 Å². The molecule has 0 saturated carbocycles. The molecule has 25 heavy (non-hydrogen) atoms. The first-order chi connectivity index (χ1) is 12.1. The maximum Gasteiger partial charge on any atom is 0.331 e. The van der Waals surface area contributed by atoms with Crippen molar-refractivity contribution >= 4 is 23.4 Å². The third-order valence-electron chi connectivity index (χ3n) is 3.65. The summed E-state index contributed by atoms with van der Waals surface area (Å²) >= 11 is 1.50. The maximum atomic E-state index is 12.4. The second kappa shape index (κ2) is 9.38. The van der Waals surface area contributed by atoms with Crippen LogP contribution in [0.2, 0.25) is 0 Å². The van der Waals surface area contributed by atoms with Crippen molar-refractivity contribution in [2.45, 2.75) is 19.9 Å². The van der Waals surface area contributed by atoms with Crippen molar-refractivity contribution in [3.63, 3.8) is 0 Å². The highest BCUT2D eigenvalue weighted by atomic mass is 32.1. The predicted molar refractivity (Wildman–Crippen MR) is 96.2 cm³/mol. The van der Waals surface area contributed by atoms with Gasteiger partial charge in [0.05, 0.1) is 13.2 Å². The predicted octanol–water partition coefficient (Wildman–Crippen LogP) is 2.65. The van der Waals surface area contributed by atoms with Gasteiger partial charge in [-0.25, -0.2) is 9.98 Å². The largest absolute Gasteiger partial charge is 0.404 e. The SMILES string of the molecule is CCC1=C(C(C=NC(F)F)=CN)CN=C(c2nccs2)N1CCOC. The Hall–Kier alpha value is -2.13. The molecule has 0 bridgehead atoms. The number of aliphatic imine (C=N–C) groups is 2. The van der Waals surface area contributed by atoms with Crippen molar-refractivity contribution in [1.82, 2.24) is 9.88 Å². The number of alkyl halides is 2. The lowest BCUT2D eigenvalue weighted by molar-refractivity contribution is 0.160. The molecule has 2 N–H and O–H groups in total. The van der Waals surface area contributed by atoms with Gasteiger partial charge in [0.15, 0.2) is 10.8 Å². The monoisotopic (exact) mass is 369 g/mol. The Morgan fingerprint density at radius 2 is 2.36 bits per heavy atom. The number of aromatic nitrogens is 1. The minimum Gasteiger partial charge on any atom is -0.404 e. The van der Waals surface area contributed by atoms with Gasteiger partial charge in [0.25, 0.3) is 0 Å². The summed E-state index contributed by atoms with van der Waals surface area (Å²) < 4.78 is 30.1. The Bertz CT molecular complexity index is 683. The van der Waals surface area contributed by atoms with Crippen LogP contribution >= 0.6 is 11.3 Å². The van der Waals surface area contributed by atoms with E-state index in [1.165, 1.54) is 17.5 Å². The van der Waals surface area contributed by atoms with E-state index in [-0.39, 0.29) is 0 Å². The van der Waals surface area contributed by atoms with Crippen LogP contribution in [0, 0.1) is 0 Å². The maximum absolute atomic E-state index is 12.4. The van der Waals surface area contributed by atoms with E-state index in [2.05, 4.69) is 15.0 Å². The second-order valence-corrected chi connectivity index (χ2v) is 5.97. The summed E-state index contributed by atoms with van der Waals surface area (Å²) in [5, 5.41) is 2.69. The number of thiazole rings is 1. The molecule has 6 nitrogen and oxygen atoms in total. The number of allylic oxidation sites excluding steroid dienone is 1. The molecule has 0 atom stereocenters. The standard InChI is InChI=1S/C16H21F2N5OS/c1-3-13-12(11(8-19)9-22-16(17)18)10-21-14(15-20-4-7-25-15)23(13)5-6-24-2/h4,7-9,16H,3,5-6,10,19H2,1-2H3. The lowest BCUT2D eigenvalue weighted by atomic mass is 10.0. The van der Waals surface area contributed by atoms with Crippen LogP contribution in [0.5, 0.6) is 0 Å². The molecule has 1 aliphatic heterocycles. The molecule has 136 valence electrons. The minimum absolute atomic E-state index is 0.333. The molecule has 0 aliphatic carbocycles. The summed E-state index contributed by atoms with van der Waals surface area (Å²) in [6.07, 6.45) is 4.80. The summed E-state index contributed by atoms with van der Waals surface area (Å²) in [5.41, 5.74) is 7.83. The van der Waals surface area contributed by atoms with Gasteiger partial charge in [0.2, 0.25) is 0 Å². The number of amidine groups is 1. The van der Waals surface area contributed by atoms with Crippen LogP contribution in [-0.2, 0) is 4.74 Å². The van der Waals surface area contributed by atoms with Gasteiger partial charge in [0, 0.05) is 54.5 Å². The molecule has 1 aromatic heterocycles. The van der Waals surface area contributed by atoms with Crippen LogP contribution in [0.4, 0.5) is 8.78 Å². The minimum atomic E-state index is -2.77. The fraction of sp³-hybridized carbons (Fsp3) is 0.438. The first-order valence-corrected chi connectivity index (χ1v) is 8.66. The Morgan fingerprint density at radius 1 is 1.56 bits per heavy atom. The van der Waals surface area contributed by atoms with E-state index in [9.17, 15) is 8.78 Å². The molecule has 2 rings (SSSR count). The molecule has 1 aromatic rings. The highest BCUT2D eigenvalue weighted by Crippen LogP contribution is 2.27. The van der Waals surface area contributed by atoms with Gasteiger partial charge in [-0.1, -0.05) is 6.92 Å². The van der Waals surface area contributed by atoms with Crippen LogP contribution in [0.15, 0.2) is 44.6 Å². The van der Waals surface area contributed by atoms with Crippen LogP contribution in [0.1, 0.15) is 18.4 Å². The number of hydrogen-bond donors (Lipinski definition) is 1. The average Bonchev–Trinajstić information content (AvgIpc) is 3.14. The summed E-state index contributed by atoms with van der Waals surface area (Å²) in [6.45, 7) is 0.626. The second-order valence-electron chi connectivity index (χ2n) is 5.08. The Balaban J connectivity index is 2.42. The van der Waals surface area contributed by atoms with E-state index in [0.717, 1.165) is 28.3 Å². The average molecular weight is 369 g/mol. The fourth-order valence-electron chi connectivity index (χ4n) is 2.58. The van der Waals surface area contributed by atoms with Crippen LogP contribution in [-0.4, -0.2) is 55.3 Å². The zero-order valence-electron chi connectivity index (χ0n) is 14.2. The summed E-state index contributed by atoms with van der Waals surface area (Å²) in [7, 11) is 1.63. The molecule has 0 radical (unpaired) electrons. The molecular formula is C16H21F2N5OS. The van der Waals surface area contributed by atoms with Gasteiger partial charge in [-0.3, -0.25) is 4.99 Å². The molecule has 0 spiro atoms. The molecule has 0 saturated heterocycles. The molecule has 1 aliphatic rings. The molecule has 0 unspecified atom stereocenters. The number of nitrogens with two attached hydrogens (primary N) is 1. The Labute approximate surface area is 149 Å². The Kier molecular flexibility index (Phi) is 7.20. The zero-order chi connectivity index (χ0) is 18.2. The quantitative estimate of drug-likeness (QED) is 0.565. The lowest BCUT2D eigenvalue weighted by Crippen LogP contribution is -2.38. The molecular weight excluding hydrogens is 348 g/mol. The zero-order valence-corrected chi connectivity index (χ0v) is 15.0. The van der Waals surface area contributed by atoms with Gasteiger partial charge in [-0.2, -0.15) is 8.78 Å². The summed E-state index contributed by atoms with van der Waals surface area (Å²) in [5.74, 6) is 0.759. The van der Waals surface area contributed by atoms with Gasteiger partial charge in [0.1, 0.15) is 0 Å². The number of ether oxygens (including phenoxy) is 1. The van der Waals surface area contributed by atoms with Crippen LogP contribution < -0.4 is 5.73 Å². The van der Waals surface area contributed by atoms with E-state index < -0.39 is 6.55 Å². The molecule has 0 aromatic carbocycles. The van der Waals surface area contributed by atoms with E-state index in [1.807, 2.05) is 17.2 Å². The van der Waals surface area contributed by atoms with Gasteiger partial charge < -0.3 is 15.4 Å². The highest BCUT2D eigenvalue weighted by Gasteiger charge is 2.26. The molecule has 0 amide bonds.